The number of para-hydroxylation sites is 3. The summed E-state index contributed by atoms with van der Waals surface area (Å²) < 4.78 is 4.80. The van der Waals surface area contributed by atoms with E-state index in [4.69, 9.17) is 9.97 Å². The number of nitrogens with zero attached hydrogens (tertiary/aromatic N) is 4. The second-order valence-electron chi connectivity index (χ2n) is 12.2. The first-order chi connectivity index (χ1) is 22.8. The van der Waals surface area contributed by atoms with E-state index in [1.165, 1.54) is 59.6 Å². The van der Waals surface area contributed by atoms with Gasteiger partial charge in [0.2, 0.25) is 5.95 Å². The Morgan fingerprint density at radius 1 is 0.413 bits per heavy atom. The maximum atomic E-state index is 5.40. The minimum atomic E-state index is 0.677. The van der Waals surface area contributed by atoms with Crippen LogP contribution in [0.25, 0.3) is 98.8 Å². The smallest absolute Gasteiger partial charge is 0.235 e. The van der Waals surface area contributed by atoms with Gasteiger partial charge in [0.25, 0.3) is 0 Å². The molecule has 0 N–H and O–H groups in total. The predicted octanol–water partition coefficient (Wildman–Crippen LogP) is 10.7. The summed E-state index contributed by atoms with van der Waals surface area (Å²) in [7, 11) is 0. The van der Waals surface area contributed by atoms with Gasteiger partial charge in [-0.25, -0.2) is 9.97 Å². The van der Waals surface area contributed by atoms with Gasteiger partial charge in [-0.3, -0.25) is 4.57 Å². The van der Waals surface area contributed by atoms with Gasteiger partial charge in [0.05, 0.1) is 38.8 Å². The van der Waals surface area contributed by atoms with E-state index in [2.05, 4.69) is 155 Å². The van der Waals surface area contributed by atoms with E-state index in [1.54, 1.807) is 0 Å². The van der Waals surface area contributed by atoms with Crippen LogP contribution in [0.4, 0.5) is 0 Å². The first kappa shape index (κ1) is 24.1. The fraction of sp³-hybridized carbons (Fsp3) is 0. The molecule has 0 aliphatic carbocycles. The molecule has 0 saturated heterocycles. The lowest BCUT2D eigenvalue weighted by Gasteiger charge is -2.13. The first-order valence-electron chi connectivity index (χ1n) is 15.7. The Hall–Kier alpha value is -6.26. The van der Waals surface area contributed by atoms with Gasteiger partial charge < -0.3 is 4.40 Å². The number of fused-ring (bicyclic) bond motifs is 9. The summed E-state index contributed by atoms with van der Waals surface area (Å²) in [5.74, 6) is 0.677. The zero-order valence-corrected chi connectivity index (χ0v) is 24.6. The van der Waals surface area contributed by atoms with Gasteiger partial charge in [0.1, 0.15) is 0 Å². The molecule has 0 aliphatic rings. The van der Waals surface area contributed by atoms with Gasteiger partial charge >= 0.3 is 0 Å². The Bertz CT molecular complexity index is 3020. The zero-order valence-electron chi connectivity index (χ0n) is 24.6. The van der Waals surface area contributed by atoms with Crippen molar-refractivity contribution in [3.05, 3.63) is 146 Å². The fourth-order valence-electron chi connectivity index (χ4n) is 7.96. The summed E-state index contributed by atoms with van der Waals surface area (Å²) in [6.45, 7) is 0. The molecule has 7 aromatic carbocycles. The topological polar surface area (TPSA) is 35.1 Å². The lowest BCUT2D eigenvalue weighted by molar-refractivity contribution is 1.02. The van der Waals surface area contributed by atoms with Crippen molar-refractivity contribution < 1.29 is 0 Å². The molecule has 4 nitrogen and oxygen atoms in total. The van der Waals surface area contributed by atoms with Crippen LogP contribution in [0, 0.1) is 0 Å². The largest absolute Gasteiger partial charge is 0.308 e. The maximum absolute atomic E-state index is 5.40. The van der Waals surface area contributed by atoms with Gasteiger partial charge in [0, 0.05) is 43.3 Å². The molecule has 4 heterocycles. The SMILES string of the molecule is c1ccc(-c2nc(-n3c4ccc5c6ccccc6n6c7ccccc7c7cc8ccccc8c3c7c4c56)nc3ccccc23)cc1. The number of rotatable bonds is 2. The quantitative estimate of drug-likeness (QED) is 0.203. The molecule has 11 rings (SSSR count). The Morgan fingerprint density at radius 2 is 1.07 bits per heavy atom. The Labute approximate surface area is 262 Å². The van der Waals surface area contributed by atoms with Crippen molar-refractivity contribution in [3.8, 4) is 17.2 Å². The highest BCUT2D eigenvalue weighted by Gasteiger charge is 2.25. The number of hydrogen-bond donors (Lipinski definition) is 0. The average molecular weight is 585 g/mol. The molecule has 0 bridgehead atoms. The highest BCUT2D eigenvalue weighted by molar-refractivity contribution is 6.36. The minimum absolute atomic E-state index is 0.677. The Morgan fingerprint density at radius 3 is 1.87 bits per heavy atom. The van der Waals surface area contributed by atoms with Crippen molar-refractivity contribution >= 4 is 81.6 Å². The van der Waals surface area contributed by atoms with E-state index in [0.29, 0.717) is 5.95 Å². The molecule has 0 saturated carbocycles. The second kappa shape index (κ2) is 8.68. The normalized spacial score (nSPS) is 12.3. The van der Waals surface area contributed by atoms with Crippen molar-refractivity contribution in [2.45, 2.75) is 0 Å². The summed E-state index contributed by atoms with van der Waals surface area (Å²) >= 11 is 0. The summed E-state index contributed by atoms with van der Waals surface area (Å²) in [6, 6.07) is 52.1. The minimum Gasteiger partial charge on any atom is -0.308 e. The van der Waals surface area contributed by atoms with E-state index in [1.807, 2.05) is 0 Å². The number of benzene rings is 7. The van der Waals surface area contributed by atoms with Crippen LogP contribution in [0.15, 0.2) is 146 Å². The van der Waals surface area contributed by atoms with Crippen molar-refractivity contribution in [1.29, 1.82) is 0 Å². The second-order valence-corrected chi connectivity index (χ2v) is 12.2. The highest BCUT2D eigenvalue weighted by atomic mass is 15.2. The molecule has 4 heteroatoms. The molecule has 46 heavy (non-hydrogen) atoms. The molecule has 0 fully saturated rings. The first-order valence-corrected chi connectivity index (χ1v) is 15.7. The molecule has 0 unspecified atom stereocenters. The number of hydrogen-bond acceptors (Lipinski definition) is 2. The fourth-order valence-corrected chi connectivity index (χ4v) is 7.96. The summed E-state index contributed by atoms with van der Waals surface area (Å²) in [6.07, 6.45) is 0. The molecule has 0 amide bonds. The summed E-state index contributed by atoms with van der Waals surface area (Å²) in [5.41, 5.74) is 8.82. The molecule has 0 atom stereocenters. The van der Waals surface area contributed by atoms with E-state index in [9.17, 15) is 0 Å². The average Bonchev–Trinajstić information content (AvgIpc) is 3.61. The van der Waals surface area contributed by atoms with E-state index >= 15 is 0 Å². The van der Waals surface area contributed by atoms with Gasteiger partial charge in [-0.05, 0) is 41.1 Å². The lowest BCUT2D eigenvalue weighted by atomic mass is 9.99. The molecule has 11 aromatic rings. The summed E-state index contributed by atoms with van der Waals surface area (Å²) in [4.78, 5) is 10.7. The van der Waals surface area contributed by atoms with Gasteiger partial charge in [-0.2, -0.15) is 0 Å². The van der Waals surface area contributed by atoms with Crippen molar-refractivity contribution in [3.63, 3.8) is 0 Å². The third-order valence-electron chi connectivity index (χ3n) is 9.82. The van der Waals surface area contributed by atoms with Crippen LogP contribution in [0.1, 0.15) is 0 Å². The van der Waals surface area contributed by atoms with Crippen LogP contribution in [-0.4, -0.2) is 18.9 Å². The molecule has 4 aromatic heterocycles. The Kier molecular flexibility index (Phi) is 4.55. The Balaban J connectivity index is 1.45. The molecule has 212 valence electrons. The van der Waals surface area contributed by atoms with Crippen LogP contribution in [-0.2, 0) is 0 Å². The third kappa shape index (κ3) is 2.98. The summed E-state index contributed by atoms with van der Waals surface area (Å²) in [5, 5.41) is 10.9. The maximum Gasteiger partial charge on any atom is 0.235 e. The van der Waals surface area contributed by atoms with Crippen LogP contribution >= 0.6 is 0 Å². The predicted molar refractivity (Wildman–Crippen MR) is 191 cm³/mol. The van der Waals surface area contributed by atoms with Crippen LogP contribution in [0.5, 0.6) is 0 Å². The van der Waals surface area contributed by atoms with E-state index in [0.717, 1.165) is 33.2 Å². The standard InChI is InChI=1S/C42H24N4/c1-2-12-25(13-3-1)39-31-18-6-9-19-33(31)43-42(44-39)46-36-23-22-30-28-16-7-10-20-34(28)45-35-21-11-8-17-29(35)32-24-26-14-4-5-15-27(26)40(46)37(32)38(36)41(30)45/h1-24H. The molecule has 0 radical (unpaired) electrons. The number of aromatic nitrogens is 4. The van der Waals surface area contributed by atoms with Crippen molar-refractivity contribution in [2.75, 3.05) is 0 Å². The molecular formula is C42H24N4. The van der Waals surface area contributed by atoms with Gasteiger partial charge in [-0.1, -0.05) is 115 Å². The molecule has 0 aliphatic heterocycles. The highest BCUT2D eigenvalue weighted by Crippen LogP contribution is 2.47. The monoisotopic (exact) mass is 584 g/mol. The van der Waals surface area contributed by atoms with Gasteiger partial charge in [0.15, 0.2) is 0 Å². The van der Waals surface area contributed by atoms with E-state index < -0.39 is 0 Å². The molecular weight excluding hydrogens is 560 g/mol. The zero-order chi connectivity index (χ0) is 29.9. The molecule has 0 spiro atoms. The van der Waals surface area contributed by atoms with Crippen molar-refractivity contribution in [2.24, 2.45) is 0 Å². The van der Waals surface area contributed by atoms with Crippen LogP contribution in [0.2, 0.25) is 0 Å². The third-order valence-corrected chi connectivity index (χ3v) is 9.82. The van der Waals surface area contributed by atoms with E-state index in [-0.39, 0.29) is 0 Å². The van der Waals surface area contributed by atoms with Gasteiger partial charge in [-0.15, -0.1) is 0 Å². The van der Waals surface area contributed by atoms with Crippen LogP contribution < -0.4 is 0 Å². The van der Waals surface area contributed by atoms with Crippen molar-refractivity contribution in [1.82, 2.24) is 18.9 Å². The lowest BCUT2D eigenvalue weighted by Crippen LogP contribution is -2.04. The van der Waals surface area contributed by atoms with Crippen LogP contribution in [0.3, 0.4) is 0 Å².